The van der Waals surface area contributed by atoms with Gasteiger partial charge in [0.15, 0.2) is 11.5 Å². The number of benzene rings is 1. The fraction of sp³-hybridized carbons (Fsp3) is 0.571. The maximum absolute atomic E-state index is 12.8. The van der Waals surface area contributed by atoms with Crippen LogP contribution in [0, 0.1) is 12.8 Å². The van der Waals surface area contributed by atoms with Crippen LogP contribution in [0.2, 0.25) is 0 Å². The van der Waals surface area contributed by atoms with E-state index < -0.39 is 10.0 Å². The second-order valence-corrected chi connectivity index (χ2v) is 7.45. The Morgan fingerprint density at radius 2 is 2.00 bits per heavy atom. The first-order valence-electron chi connectivity index (χ1n) is 7.07. The molecule has 8 heteroatoms. The van der Waals surface area contributed by atoms with Crippen LogP contribution in [0.5, 0.6) is 11.5 Å². The van der Waals surface area contributed by atoms with Crippen molar-refractivity contribution < 1.29 is 17.9 Å². The van der Waals surface area contributed by atoms with E-state index in [9.17, 15) is 8.42 Å². The smallest absolute Gasteiger partial charge is 0.243 e. The van der Waals surface area contributed by atoms with Crippen LogP contribution in [-0.4, -0.2) is 46.2 Å². The third-order valence-corrected chi connectivity index (χ3v) is 6.04. The summed E-state index contributed by atoms with van der Waals surface area (Å²) in [4.78, 5) is 0.317. The maximum atomic E-state index is 12.8. The molecule has 0 aromatic heterocycles. The van der Waals surface area contributed by atoms with Gasteiger partial charge in [-0.2, -0.15) is 4.31 Å². The van der Waals surface area contributed by atoms with E-state index in [1.807, 2.05) is 7.05 Å². The molecule has 6 nitrogen and oxygen atoms in total. The fourth-order valence-corrected chi connectivity index (χ4v) is 4.67. The van der Waals surface area contributed by atoms with Crippen molar-refractivity contribution in [3.63, 3.8) is 0 Å². The molecule has 1 aromatic rings. The molecule has 1 saturated heterocycles. The first-order valence-corrected chi connectivity index (χ1v) is 8.51. The highest BCUT2D eigenvalue weighted by Crippen LogP contribution is 2.37. The summed E-state index contributed by atoms with van der Waals surface area (Å²) >= 11 is 0. The Kier molecular flexibility index (Phi) is 5.21. The largest absolute Gasteiger partial charge is 0.454 e. The van der Waals surface area contributed by atoms with Crippen molar-refractivity contribution in [3.8, 4) is 11.5 Å². The number of hydrogen-bond donors (Lipinski definition) is 1. The Morgan fingerprint density at radius 1 is 1.32 bits per heavy atom. The molecule has 2 heterocycles. The summed E-state index contributed by atoms with van der Waals surface area (Å²) in [6.45, 7) is 3.91. The van der Waals surface area contributed by atoms with E-state index in [4.69, 9.17) is 9.47 Å². The highest BCUT2D eigenvalue weighted by molar-refractivity contribution is 7.89. The third kappa shape index (κ3) is 3.03. The summed E-state index contributed by atoms with van der Waals surface area (Å²) in [6, 6.07) is 3.31. The van der Waals surface area contributed by atoms with Crippen LogP contribution >= 0.6 is 12.4 Å². The van der Waals surface area contributed by atoms with Crippen molar-refractivity contribution in [1.82, 2.24) is 9.62 Å². The summed E-state index contributed by atoms with van der Waals surface area (Å²) < 4.78 is 37.8. The summed E-state index contributed by atoms with van der Waals surface area (Å²) in [6.07, 6.45) is 0.893. The van der Waals surface area contributed by atoms with Crippen LogP contribution in [0.3, 0.4) is 0 Å². The van der Waals surface area contributed by atoms with Gasteiger partial charge >= 0.3 is 0 Å². The highest BCUT2D eigenvalue weighted by atomic mass is 35.5. The molecule has 1 atom stereocenters. The highest BCUT2D eigenvalue weighted by Gasteiger charge is 2.34. The van der Waals surface area contributed by atoms with E-state index in [-0.39, 0.29) is 19.2 Å². The topological polar surface area (TPSA) is 67.9 Å². The van der Waals surface area contributed by atoms with Gasteiger partial charge < -0.3 is 14.8 Å². The summed E-state index contributed by atoms with van der Waals surface area (Å²) in [5, 5.41) is 3.11. The second-order valence-electron chi connectivity index (χ2n) is 5.55. The van der Waals surface area contributed by atoms with Gasteiger partial charge in [-0.05, 0) is 44.5 Å². The Bertz CT molecular complexity index is 650. The lowest BCUT2D eigenvalue weighted by Crippen LogP contribution is -2.30. The van der Waals surface area contributed by atoms with Gasteiger partial charge in [-0.15, -0.1) is 12.4 Å². The number of halogens is 1. The van der Waals surface area contributed by atoms with Crippen LogP contribution in [0.1, 0.15) is 12.0 Å². The molecule has 2 aliphatic rings. The Morgan fingerprint density at radius 3 is 2.68 bits per heavy atom. The number of sulfonamides is 1. The van der Waals surface area contributed by atoms with Crippen molar-refractivity contribution in [2.24, 2.45) is 5.92 Å². The molecule has 0 spiro atoms. The molecule has 0 bridgehead atoms. The van der Waals surface area contributed by atoms with Crippen molar-refractivity contribution in [3.05, 3.63) is 17.7 Å². The van der Waals surface area contributed by atoms with E-state index >= 15 is 0 Å². The zero-order chi connectivity index (χ0) is 15.0. The van der Waals surface area contributed by atoms with E-state index in [1.165, 1.54) is 0 Å². The first kappa shape index (κ1) is 17.3. The second kappa shape index (κ2) is 6.62. The van der Waals surface area contributed by atoms with E-state index in [2.05, 4.69) is 5.32 Å². The molecule has 0 aliphatic carbocycles. The van der Waals surface area contributed by atoms with Gasteiger partial charge in [0.05, 0.1) is 4.90 Å². The Hall–Kier alpha value is -1.02. The van der Waals surface area contributed by atoms with Crippen molar-refractivity contribution in [1.29, 1.82) is 0 Å². The van der Waals surface area contributed by atoms with Crippen molar-refractivity contribution in [2.45, 2.75) is 18.2 Å². The molecule has 3 rings (SSSR count). The normalized spacial score (nSPS) is 20.9. The molecule has 1 aromatic carbocycles. The molecule has 1 N–H and O–H groups in total. The van der Waals surface area contributed by atoms with Gasteiger partial charge in [0.2, 0.25) is 16.8 Å². The lowest BCUT2D eigenvalue weighted by molar-refractivity contribution is 0.174. The molecular formula is C14H21ClN2O4S. The van der Waals surface area contributed by atoms with E-state index in [0.717, 1.165) is 13.0 Å². The first-order chi connectivity index (χ1) is 10.0. The monoisotopic (exact) mass is 348 g/mol. The number of aryl methyl sites for hydroxylation is 1. The van der Waals surface area contributed by atoms with Crippen LogP contribution in [0.25, 0.3) is 0 Å². The number of hydrogen-bond acceptors (Lipinski definition) is 5. The SMILES string of the molecule is CNCC1CCN(S(=O)(=O)c2cc3c(cc2C)OCO3)C1.Cl. The van der Waals surface area contributed by atoms with Crippen molar-refractivity contribution in [2.75, 3.05) is 33.5 Å². The van der Waals surface area contributed by atoms with Crippen LogP contribution in [-0.2, 0) is 10.0 Å². The minimum absolute atomic E-state index is 0. The molecule has 124 valence electrons. The maximum Gasteiger partial charge on any atom is 0.243 e. The van der Waals surface area contributed by atoms with E-state index in [0.29, 0.717) is 41.0 Å². The minimum atomic E-state index is -3.47. The average molecular weight is 349 g/mol. The molecular weight excluding hydrogens is 328 g/mol. The standard InChI is InChI=1S/C14H20N2O4S.ClH/c1-10-5-12-13(20-9-19-12)6-14(10)21(17,18)16-4-3-11(8-16)7-15-2;/h5-6,11,15H,3-4,7-9H2,1-2H3;1H. The minimum Gasteiger partial charge on any atom is -0.454 e. The average Bonchev–Trinajstić information content (AvgIpc) is 3.06. The summed E-state index contributed by atoms with van der Waals surface area (Å²) in [5.74, 6) is 1.49. The lowest BCUT2D eigenvalue weighted by Gasteiger charge is -2.18. The molecule has 22 heavy (non-hydrogen) atoms. The summed E-state index contributed by atoms with van der Waals surface area (Å²) in [5.41, 5.74) is 0.691. The predicted octanol–water partition coefficient (Wildman–Crippen LogP) is 1.38. The van der Waals surface area contributed by atoms with Gasteiger partial charge in [-0.25, -0.2) is 8.42 Å². The quantitative estimate of drug-likeness (QED) is 0.890. The van der Waals surface area contributed by atoms with Gasteiger partial charge in [0, 0.05) is 19.2 Å². The third-order valence-electron chi connectivity index (χ3n) is 4.03. The fourth-order valence-electron chi connectivity index (χ4n) is 2.91. The molecule has 1 unspecified atom stereocenters. The zero-order valence-corrected chi connectivity index (χ0v) is 14.3. The number of nitrogens with one attached hydrogen (secondary N) is 1. The molecule has 0 radical (unpaired) electrons. The number of rotatable bonds is 4. The zero-order valence-electron chi connectivity index (χ0n) is 12.7. The molecule has 2 aliphatic heterocycles. The number of fused-ring (bicyclic) bond motifs is 1. The van der Waals surface area contributed by atoms with Crippen molar-refractivity contribution >= 4 is 22.4 Å². The number of ether oxygens (including phenoxy) is 2. The van der Waals surface area contributed by atoms with Crippen LogP contribution in [0.4, 0.5) is 0 Å². The van der Waals surface area contributed by atoms with Crippen LogP contribution < -0.4 is 14.8 Å². The van der Waals surface area contributed by atoms with Crippen LogP contribution in [0.15, 0.2) is 17.0 Å². The van der Waals surface area contributed by atoms with Gasteiger partial charge in [-0.3, -0.25) is 0 Å². The van der Waals surface area contributed by atoms with Gasteiger partial charge in [0.25, 0.3) is 0 Å². The Labute approximate surface area is 137 Å². The Balaban J connectivity index is 0.00000176. The van der Waals surface area contributed by atoms with Gasteiger partial charge in [-0.1, -0.05) is 0 Å². The number of nitrogens with zero attached hydrogens (tertiary/aromatic N) is 1. The molecule has 0 amide bonds. The molecule has 0 saturated carbocycles. The van der Waals surface area contributed by atoms with Gasteiger partial charge in [0.1, 0.15) is 0 Å². The summed E-state index contributed by atoms with van der Waals surface area (Å²) in [7, 11) is -1.58. The predicted molar refractivity (Wildman–Crippen MR) is 85.3 cm³/mol. The van der Waals surface area contributed by atoms with E-state index in [1.54, 1.807) is 23.4 Å². The molecule has 1 fully saturated rings. The lowest BCUT2D eigenvalue weighted by atomic mass is 10.1.